The number of urea groups is 1. The van der Waals surface area contributed by atoms with Crippen molar-refractivity contribution in [1.82, 2.24) is 20.2 Å². The Balaban J connectivity index is 1.24. The maximum absolute atomic E-state index is 12.8. The summed E-state index contributed by atoms with van der Waals surface area (Å²) >= 11 is 0. The van der Waals surface area contributed by atoms with Crippen LogP contribution in [0.4, 0.5) is 16.3 Å². The molecule has 0 spiro atoms. The van der Waals surface area contributed by atoms with Crippen molar-refractivity contribution >= 4 is 17.5 Å². The van der Waals surface area contributed by atoms with Gasteiger partial charge in [-0.25, -0.2) is 14.8 Å². The smallest absolute Gasteiger partial charge is 0.317 e. The van der Waals surface area contributed by atoms with Crippen molar-refractivity contribution in [2.75, 3.05) is 62.7 Å². The number of hydrogen-bond donors (Lipinski definition) is 1. The molecular weight excluding hydrogens is 416 g/mol. The Hall–Kier alpha value is -3.03. The molecule has 4 rings (SSSR count). The summed E-state index contributed by atoms with van der Waals surface area (Å²) < 4.78 is 5.35. The second kappa shape index (κ2) is 10.3. The molecule has 1 aromatic carbocycles. The van der Waals surface area contributed by atoms with E-state index in [1.54, 1.807) is 7.11 Å². The van der Waals surface area contributed by atoms with E-state index in [9.17, 15) is 4.79 Å². The van der Waals surface area contributed by atoms with Crippen molar-refractivity contribution in [1.29, 1.82) is 0 Å². The molecule has 0 radical (unpaired) electrons. The van der Waals surface area contributed by atoms with E-state index in [1.807, 2.05) is 30.0 Å². The lowest BCUT2D eigenvalue weighted by Gasteiger charge is -2.35. The van der Waals surface area contributed by atoms with E-state index in [-0.39, 0.29) is 6.03 Å². The number of anilines is 2. The Morgan fingerprint density at radius 1 is 1.12 bits per heavy atom. The largest absolute Gasteiger partial charge is 0.497 e. The van der Waals surface area contributed by atoms with E-state index in [2.05, 4.69) is 46.1 Å². The van der Waals surface area contributed by atoms with E-state index in [0.29, 0.717) is 31.5 Å². The molecule has 0 saturated carbocycles. The summed E-state index contributed by atoms with van der Waals surface area (Å²) in [6, 6.07) is 10.3. The van der Waals surface area contributed by atoms with Gasteiger partial charge in [0.25, 0.3) is 0 Å². The number of piperazine rings is 1. The Morgan fingerprint density at radius 2 is 1.91 bits per heavy atom. The summed E-state index contributed by atoms with van der Waals surface area (Å²) in [5.41, 5.74) is 2.17. The van der Waals surface area contributed by atoms with Crippen LogP contribution in [0, 0.1) is 12.8 Å². The number of nitrogens with one attached hydrogen (secondary N) is 1. The molecule has 33 heavy (non-hydrogen) atoms. The summed E-state index contributed by atoms with van der Waals surface area (Å²) in [6.45, 7) is 11.9. The normalized spacial score (nSPS) is 18.7. The molecule has 1 aromatic heterocycles. The molecule has 2 aliphatic rings. The van der Waals surface area contributed by atoms with Gasteiger partial charge in [-0.3, -0.25) is 0 Å². The summed E-state index contributed by atoms with van der Waals surface area (Å²) in [4.78, 5) is 28.6. The standard InChI is InChI=1S/C25H36N6O2/c1-18(2)24-27-19(3)14-23(28-24)29-10-12-30(13-11-29)25(32)26-16-20-8-9-31(17-20)21-6-5-7-22(15-21)33-4/h5-7,14-15,18,20H,8-13,16-17H2,1-4H3,(H,26,32). The number of carbonyl (C=O) groups is 1. The Morgan fingerprint density at radius 3 is 2.64 bits per heavy atom. The van der Waals surface area contributed by atoms with Crippen LogP contribution in [-0.2, 0) is 0 Å². The van der Waals surface area contributed by atoms with Gasteiger partial charge in [0, 0.05) is 75.2 Å². The fourth-order valence-corrected chi connectivity index (χ4v) is 4.52. The molecule has 1 unspecified atom stereocenters. The number of amides is 2. The van der Waals surface area contributed by atoms with Crippen LogP contribution in [0.15, 0.2) is 30.3 Å². The predicted molar refractivity (Wildman–Crippen MR) is 131 cm³/mol. The third-order valence-corrected chi connectivity index (χ3v) is 6.51. The highest BCUT2D eigenvalue weighted by molar-refractivity contribution is 5.74. The molecule has 2 aromatic rings. The van der Waals surface area contributed by atoms with E-state index >= 15 is 0 Å². The quantitative estimate of drug-likeness (QED) is 0.725. The molecule has 178 valence electrons. The molecule has 2 saturated heterocycles. The number of methoxy groups -OCH3 is 1. The minimum Gasteiger partial charge on any atom is -0.497 e. The zero-order valence-electron chi connectivity index (χ0n) is 20.3. The lowest BCUT2D eigenvalue weighted by atomic mass is 10.1. The number of rotatable bonds is 6. The first-order valence-electron chi connectivity index (χ1n) is 11.9. The molecule has 1 atom stereocenters. The maximum atomic E-state index is 12.8. The van der Waals surface area contributed by atoms with Gasteiger partial charge in [-0.05, 0) is 31.4 Å². The zero-order chi connectivity index (χ0) is 23.4. The van der Waals surface area contributed by atoms with Crippen LogP contribution in [0.3, 0.4) is 0 Å². The lowest BCUT2D eigenvalue weighted by molar-refractivity contribution is 0.192. The number of hydrogen-bond acceptors (Lipinski definition) is 6. The summed E-state index contributed by atoms with van der Waals surface area (Å²) in [5, 5.41) is 3.17. The first kappa shape index (κ1) is 23.1. The van der Waals surface area contributed by atoms with E-state index in [1.165, 1.54) is 5.69 Å². The van der Waals surface area contributed by atoms with Crippen molar-refractivity contribution in [3.63, 3.8) is 0 Å². The van der Waals surface area contributed by atoms with Gasteiger partial charge in [-0.1, -0.05) is 19.9 Å². The number of aromatic nitrogens is 2. The third-order valence-electron chi connectivity index (χ3n) is 6.51. The fourth-order valence-electron chi connectivity index (χ4n) is 4.52. The maximum Gasteiger partial charge on any atom is 0.317 e. The number of carbonyl (C=O) groups excluding carboxylic acids is 1. The van der Waals surface area contributed by atoms with Gasteiger partial charge >= 0.3 is 6.03 Å². The highest BCUT2D eigenvalue weighted by Gasteiger charge is 2.26. The minimum atomic E-state index is 0.0382. The summed E-state index contributed by atoms with van der Waals surface area (Å²) in [6.07, 6.45) is 1.08. The molecule has 3 heterocycles. The third kappa shape index (κ3) is 5.67. The molecule has 0 bridgehead atoms. The number of benzene rings is 1. The second-order valence-electron chi connectivity index (χ2n) is 9.34. The van der Waals surface area contributed by atoms with Crippen LogP contribution in [-0.4, -0.2) is 73.8 Å². The monoisotopic (exact) mass is 452 g/mol. The topological polar surface area (TPSA) is 73.8 Å². The van der Waals surface area contributed by atoms with Crippen molar-refractivity contribution in [2.45, 2.75) is 33.1 Å². The SMILES string of the molecule is COc1cccc(N2CCC(CNC(=O)N3CCN(c4cc(C)nc(C(C)C)n4)CC3)C2)c1. The van der Waals surface area contributed by atoms with Crippen molar-refractivity contribution in [3.8, 4) is 5.75 Å². The van der Waals surface area contributed by atoms with Crippen molar-refractivity contribution in [3.05, 3.63) is 41.9 Å². The van der Waals surface area contributed by atoms with Crippen LogP contribution in [0.5, 0.6) is 5.75 Å². The van der Waals surface area contributed by atoms with Crippen LogP contribution in [0.25, 0.3) is 0 Å². The van der Waals surface area contributed by atoms with Gasteiger partial charge in [0.2, 0.25) is 0 Å². The van der Waals surface area contributed by atoms with Crippen molar-refractivity contribution < 1.29 is 9.53 Å². The van der Waals surface area contributed by atoms with E-state index in [0.717, 1.165) is 55.7 Å². The predicted octanol–water partition coefficient (Wildman–Crippen LogP) is 3.28. The van der Waals surface area contributed by atoms with E-state index < -0.39 is 0 Å². The van der Waals surface area contributed by atoms with Gasteiger partial charge < -0.3 is 24.8 Å². The van der Waals surface area contributed by atoms with Gasteiger partial charge in [-0.15, -0.1) is 0 Å². The lowest BCUT2D eigenvalue weighted by Crippen LogP contribution is -2.52. The minimum absolute atomic E-state index is 0.0382. The van der Waals surface area contributed by atoms with Gasteiger partial charge in [0.1, 0.15) is 17.4 Å². The zero-order valence-corrected chi connectivity index (χ0v) is 20.3. The number of nitrogens with zero attached hydrogens (tertiary/aromatic N) is 5. The molecule has 2 amide bonds. The van der Waals surface area contributed by atoms with Crippen LogP contribution >= 0.6 is 0 Å². The highest BCUT2D eigenvalue weighted by atomic mass is 16.5. The average molecular weight is 453 g/mol. The van der Waals surface area contributed by atoms with Gasteiger partial charge in [0.15, 0.2) is 0 Å². The molecule has 0 aliphatic carbocycles. The van der Waals surface area contributed by atoms with Crippen LogP contribution in [0.1, 0.15) is 37.7 Å². The van der Waals surface area contributed by atoms with Crippen molar-refractivity contribution in [2.24, 2.45) is 5.92 Å². The average Bonchev–Trinajstić information content (AvgIpc) is 3.31. The second-order valence-corrected chi connectivity index (χ2v) is 9.34. The molecular formula is C25H36N6O2. The summed E-state index contributed by atoms with van der Waals surface area (Å²) in [7, 11) is 1.69. The first-order chi connectivity index (χ1) is 15.9. The molecule has 2 aliphatic heterocycles. The van der Waals surface area contributed by atoms with Crippen LogP contribution in [0.2, 0.25) is 0 Å². The molecule has 8 heteroatoms. The molecule has 2 fully saturated rings. The number of aryl methyl sites for hydroxylation is 1. The fraction of sp³-hybridized carbons (Fsp3) is 0.560. The Labute approximate surface area is 196 Å². The van der Waals surface area contributed by atoms with E-state index in [4.69, 9.17) is 9.72 Å². The molecule has 8 nitrogen and oxygen atoms in total. The van der Waals surface area contributed by atoms with Gasteiger partial charge in [-0.2, -0.15) is 0 Å². The van der Waals surface area contributed by atoms with Crippen LogP contribution < -0.4 is 19.9 Å². The first-order valence-corrected chi connectivity index (χ1v) is 11.9. The van der Waals surface area contributed by atoms with Gasteiger partial charge in [0.05, 0.1) is 7.11 Å². The summed E-state index contributed by atoms with van der Waals surface area (Å²) in [5.74, 6) is 3.48. The molecule has 1 N–H and O–H groups in total. The Bertz CT molecular complexity index is 958. The highest BCUT2D eigenvalue weighted by Crippen LogP contribution is 2.26. The Kier molecular flexibility index (Phi) is 7.20. The number of ether oxygens (including phenoxy) is 1.